The second-order valence-corrected chi connectivity index (χ2v) is 6.03. The monoisotopic (exact) mass is 397 g/mol. The average Bonchev–Trinajstić information content (AvgIpc) is 3.22. The number of carbonyl (C=O) groups excluding carboxylic acids is 2. The minimum Gasteiger partial charge on any atom is -0.467 e. The van der Waals surface area contributed by atoms with Gasteiger partial charge in [-0.3, -0.25) is 9.59 Å². The summed E-state index contributed by atoms with van der Waals surface area (Å²) in [5, 5.41) is 6.83. The normalized spacial score (nSPS) is 10.6. The number of hydrogen-bond acceptors (Lipinski definition) is 5. The van der Waals surface area contributed by atoms with Crippen molar-refractivity contribution in [3.63, 3.8) is 0 Å². The van der Waals surface area contributed by atoms with Gasteiger partial charge in [-0.2, -0.15) is 5.10 Å². The topological polar surface area (TPSA) is 92.9 Å². The maximum atomic E-state index is 11.7. The highest BCUT2D eigenvalue weighted by Gasteiger charge is 2.12. The van der Waals surface area contributed by atoms with Crippen molar-refractivity contribution in [2.75, 3.05) is 0 Å². The number of hydrogen-bond donors (Lipinski definition) is 2. The van der Waals surface area contributed by atoms with Gasteiger partial charge in [-0.25, -0.2) is 5.43 Å². The van der Waals surface area contributed by atoms with Crippen molar-refractivity contribution in [2.45, 2.75) is 6.54 Å². The van der Waals surface area contributed by atoms with E-state index in [0.717, 1.165) is 0 Å². The lowest BCUT2D eigenvalue weighted by molar-refractivity contribution is -0.139. The van der Waals surface area contributed by atoms with Gasteiger partial charge in [0, 0.05) is 5.02 Å². The Hall–Kier alpha value is -3.58. The molecule has 0 aliphatic carbocycles. The van der Waals surface area contributed by atoms with Gasteiger partial charge in [0.1, 0.15) is 17.3 Å². The molecule has 0 saturated carbocycles. The van der Waals surface area contributed by atoms with Crippen LogP contribution in [0.3, 0.4) is 0 Å². The first-order chi connectivity index (χ1) is 13.6. The van der Waals surface area contributed by atoms with Gasteiger partial charge in [0.2, 0.25) is 0 Å². The Morgan fingerprint density at radius 3 is 2.61 bits per heavy atom. The molecule has 8 heteroatoms. The van der Waals surface area contributed by atoms with E-state index in [1.165, 1.54) is 12.5 Å². The van der Waals surface area contributed by atoms with E-state index in [4.69, 9.17) is 20.8 Å². The lowest BCUT2D eigenvalue weighted by Gasteiger charge is -2.06. The fraction of sp³-hybridized carbons (Fsp3) is 0.0500. The summed E-state index contributed by atoms with van der Waals surface area (Å²) in [7, 11) is 0. The molecular formula is C20H16ClN3O4. The summed E-state index contributed by atoms with van der Waals surface area (Å²) in [5.41, 5.74) is 2.85. The lowest BCUT2D eigenvalue weighted by atomic mass is 10.2. The Morgan fingerprint density at radius 2 is 1.86 bits per heavy atom. The molecule has 142 valence electrons. The van der Waals surface area contributed by atoms with E-state index in [0.29, 0.717) is 27.8 Å². The van der Waals surface area contributed by atoms with E-state index in [9.17, 15) is 9.59 Å². The Bertz CT molecular complexity index is 969. The molecule has 2 N–H and O–H groups in total. The van der Waals surface area contributed by atoms with Crippen molar-refractivity contribution in [1.29, 1.82) is 0 Å². The van der Waals surface area contributed by atoms with E-state index >= 15 is 0 Å². The van der Waals surface area contributed by atoms with E-state index < -0.39 is 11.8 Å². The minimum atomic E-state index is -0.878. The average molecular weight is 398 g/mol. The van der Waals surface area contributed by atoms with Crippen LogP contribution in [-0.2, 0) is 16.1 Å². The summed E-state index contributed by atoms with van der Waals surface area (Å²) in [6, 6.07) is 17.4. The molecule has 1 aromatic heterocycles. The minimum absolute atomic E-state index is 0.118. The first-order valence-corrected chi connectivity index (χ1v) is 8.65. The fourth-order valence-electron chi connectivity index (χ4n) is 2.17. The molecule has 28 heavy (non-hydrogen) atoms. The van der Waals surface area contributed by atoms with Gasteiger partial charge in [0.15, 0.2) is 0 Å². The van der Waals surface area contributed by atoms with Crippen molar-refractivity contribution >= 4 is 29.6 Å². The highest BCUT2D eigenvalue weighted by atomic mass is 35.5. The van der Waals surface area contributed by atoms with Gasteiger partial charge in [-0.05, 0) is 54.1 Å². The molecule has 0 aliphatic rings. The van der Waals surface area contributed by atoms with Crippen LogP contribution in [0.2, 0.25) is 5.02 Å². The van der Waals surface area contributed by atoms with Crippen LogP contribution in [0.5, 0.6) is 11.5 Å². The van der Waals surface area contributed by atoms with E-state index in [-0.39, 0.29) is 6.54 Å². The summed E-state index contributed by atoms with van der Waals surface area (Å²) in [5.74, 6) is 0.0840. The Morgan fingerprint density at radius 1 is 1.04 bits per heavy atom. The second-order valence-electron chi connectivity index (χ2n) is 5.59. The number of carbonyl (C=O) groups is 2. The number of hydrazone groups is 1. The van der Waals surface area contributed by atoms with Gasteiger partial charge in [0.25, 0.3) is 0 Å². The molecule has 0 radical (unpaired) electrons. The first kappa shape index (κ1) is 19.2. The molecule has 0 fully saturated rings. The third-order valence-corrected chi connectivity index (χ3v) is 3.75. The first-order valence-electron chi connectivity index (χ1n) is 8.27. The number of nitrogens with zero attached hydrogens (tertiary/aromatic N) is 1. The molecule has 1 heterocycles. The SMILES string of the molecule is O=C(NCc1ccco1)C(=O)N/N=C\c1cccc(Oc2ccc(Cl)cc2)c1. The molecular weight excluding hydrogens is 382 g/mol. The van der Waals surface area contributed by atoms with E-state index in [1.807, 2.05) is 0 Å². The Kier molecular flexibility index (Phi) is 6.43. The summed E-state index contributed by atoms with van der Waals surface area (Å²) in [4.78, 5) is 23.4. The maximum absolute atomic E-state index is 11.7. The van der Waals surface area contributed by atoms with Crippen LogP contribution in [0.25, 0.3) is 0 Å². The second kappa shape index (κ2) is 9.38. The molecule has 0 spiro atoms. The zero-order valence-electron chi connectivity index (χ0n) is 14.6. The molecule has 3 aromatic rings. The van der Waals surface area contributed by atoms with Gasteiger partial charge in [-0.15, -0.1) is 0 Å². The number of benzene rings is 2. The van der Waals surface area contributed by atoms with Crippen LogP contribution in [-0.4, -0.2) is 18.0 Å². The lowest BCUT2D eigenvalue weighted by Crippen LogP contribution is -2.37. The number of rotatable bonds is 6. The number of nitrogens with one attached hydrogen (secondary N) is 2. The third-order valence-electron chi connectivity index (χ3n) is 3.50. The van der Waals surface area contributed by atoms with Crippen LogP contribution in [0.1, 0.15) is 11.3 Å². The highest BCUT2D eigenvalue weighted by molar-refractivity contribution is 6.35. The Balaban J connectivity index is 1.51. The van der Waals surface area contributed by atoms with Crippen molar-refractivity contribution < 1.29 is 18.7 Å². The molecule has 3 rings (SSSR count). The number of amides is 2. The van der Waals surface area contributed by atoms with Crippen LogP contribution in [0.15, 0.2) is 76.4 Å². The summed E-state index contributed by atoms with van der Waals surface area (Å²) in [6.45, 7) is 0.118. The third kappa shape index (κ3) is 5.72. The molecule has 7 nitrogen and oxygen atoms in total. The predicted molar refractivity (Wildman–Crippen MR) is 104 cm³/mol. The summed E-state index contributed by atoms with van der Waals surface area (Å²) >= 11 is 5.85. The molecule has 0 bridgehead atoms. The quantitative estimate of drug-likeness (QED) is 0.378. The number of halogens is 1. The number of furan rings is 1. The standard InChI is InChI=1S/C20H16ClN3O4/c21-15-6-8-16(9-7-15)28-17-4-1-3-14(11-17)12-23-24-20(26)19(25)22-13-18-5-2-10-27-18/h1-12H,13H2,(H,22,25)(H,24,26)/b23-12-. The van der Waals surface area contributed by atoms with Crippen molar-refractivity contribution in [3.8, 4) is 11.5 Å². The zero-order chi connectivity index (χ0) is 19.8. The van der Waals surface area contributed by atoms with Gasteiger partial charge >= 0.3 is 11.8 Å². The molecule has 2 aromatic carbocycles. The molecule has 0 saturated heterocycles. The summed E-state index contributed by atoms with van der Waals surface area (Å²) in [6.07, 6.45) is 2.89. The fourth-order valence-corrected chi connectivity index (χ4v) is 2.30. The van der Waals surface area contributed by atoms with Crippen molar-refractivity contribution in [3.05, 3.63) is 83.3 Å². The molecule has 0 aliphatic heterocycles. The summed E-state index contributed by atoms with van der Waals surface area (Å²) < 4.78 is 10.8. The predicted octanol–water partition coefficient (Wildman–Crippen LogP) is 3.49. The van der Waals surface area contributed by atoms with Crippen LogP contribution in [0, 0.1) is 0 Å². The Labute approximate surface area is 166 Å². The van der Waals surface area contributed by atoms with E-state index in [2.05, 4.69) is 15.8 Å². The zero-order valence-corrected chi connectivity index (χ0v) is 15.3. The van der Waals surface area contributed by atoms with Gasteiger partial charge in [-0.1, -0.05) is 23.7 Å². The van der Waals surface area contributed by atoms with Crippen molar-refractivity contribution in [1.82, 2.24) is 10.7 Å². The molecule has 0 unspecified atom stereocenters. The molecule has 2 amide bonds. The van der Waals surface area contributed by atoms with Gasteiger partial charge < -0.3 is 14.5 Å². The van der Waals surface area contributed by atoms with Crippen LogP contribution in [0.4, 0.5) is 0 Å². The van der Waals surface area contributed by atoms with Gasteiger partial charge in [0.05, 0.1) is 19.0 Å². The van der Waals surface area contributed by atoms with E-state index in [1.54, 1.807) is 60.7 Å². The smallest absolute Gasteiger partial charge is 0.329 e. The maximum Gasteiger partial charge on any atom is 0.329 e. The highest BCUT2D eigenvalue weighted by Crippen LogP contribution is 2.23. The van der Waals surface area contributed by atoms with Crippen molar-refractivity contribution in [2.24, 2.45) is 5.10 Å². The largest absolute Gasteiger partial charge is 0.467 e. The molecule has 0 atom stereocenters. The van der Waals surface area contributed by atoms with Crippen LogP contribution < -0.4 is 15.5 Å². The van der Waals surface area contributed by atoms with Crippen LogP contribution >= 0.6 is 11.6 Å². The number of ether oxygens (including phenoxy) is 1.